The molecule has 0 radical (unpaired) electrons. The molecule has 1 aliphatic carbocycles. The van der Waals surface area contributed by atoms with Gasteiger partial charge in [0.05, 0.1) is 0 Å². The zero-order chi connectivity index (χ0) is 6.69. The fourth-order valence-electron chi connectivity index (χ4n) is 0.799. The van der Waals surface area contributed by atoms with E-state index < -0.39 is 0 Å². The molecule has 0 atom stereocenters. The minimum absolute atomic E-state index is 0. The van der Waals surface area contributed by atoms with Crippen LogP contribution in [-0.4, -0.2) is 5.71 Å². The normalized spacial score (nSPS) is 15.5. The Hall–Kier alpha value is -0.162. The van der Waals surface area contributed by atoms with Gasteiger partial charge in [-0.25, -0.2) is 11.6 Å². The molecule has 0 spiro atoms. The maximum Gasteiger partial charge on any atom is 2.00 e. The zero-order valence-corrected chi connectivity index (χ0v) is 8.86. The summed E-state index contributed by atoms with van der Waals surface area (Å²) in [5.74, 6) is 0. The van der Waals surface area contributed by atoms with Gasteiger partial charge in [0.25, 0.3) is 0 Å². The van der Waals surface area contributed by atoms with Gasteiger partial charge < -0.3 is 5.41 Å². The van der Waals surface area contributed by atoms with E-state index in [4.69, 9.17) is 5.41 Å². The maximum atomic E-state index is 8.94. The second-order valence-corrected chi connectivity index (χ2v) is 2.12. The third kappa shape index (κ3) is 2.62. The Morgan fingerprint density at radius 2 is 2.40 bits per heavy atom. The number of hydrogen-bond donors (Lipinski definition) is 0. The quantitative estimate of drug-likeness (QED) is 0.523. The molecule has 0 saturated carbocycles. The summed E-state index contributed by atoms with van der Waals surface area (Å²) >= 11 is 0. The SMILES string of the molecule is CC(=[N-])C1=[C-]CCC=C1.[W+2]. The predicted octanol–water partition coefficient (Wildman–Crippen LogP) is 2.09. The van der Waals surface area contributed by atoms with Crippen LogP contribution in [-0.2, 0) is 21.1 Å². The molecule has 1 nitrogen and oxygen atoms in total. The predicted molar refractivity (Wildman–Crippen MR) is 39.2 cm³/mol. The third-order valence-corrected chi connectivity index (χ3v) is 1.30. The molecule has 2 heteroatoms. The smallest absolute Gasteiger partial charge is 0.876 e. The van der Waals surface area contributed by atoms with Crippen molar-refractivity contribution in [2.24, 2.45) is 0 Å². The average molecular weight is 303 g/mol. The van der Waals surface area contributed by atoms with Gasteiger partial charge in [-0.2, -0.15) is 6.08 Å². The van der Waals surface area contributed by atoms with Gasteiger partial charge in [0, 0.05) is 0 Å². The third-order valence-electron chi connectivity index (χ3n) is 1.30. The van der Waals surface area contributed by atoms with E-state index >= 15 is 0 Å². The molecule has 10 heavy (non-hydrogen) atoms. The van der Waals surface area contributed by atoms with E-state index in [0.29, 0.717) is 5.71 Å². The fourth-order valence-corrected chi connectivity index (χ4v) is 0.799. The van der Waals surface area contributed by atoms with Crippen LogP contribution in [0, 0.1) is 6.08 Å². The summed E-state index contributed by atoms with van der Waals surface area (Å²) in [4.78, 5) is 0. The molecular weight excluding hydrogens is 294 g/mol. The van der Waals surface area contributed by atoms with Crippen LogP contribution in [0.1, 0.15) is 19.8 Å². The van der Waals surface area contributed by atoms with E-state index in [2.05, 4.69) is 6.08 Å². The van der Waals surface area contributed by atoms with Crippen LogP contribution >= 0.6 is 0 Å². The topological polar surface area (TPSA) is 22.3 Å². The van der Waals surface area contributed by atoms with Gasteiger partial charge in [0.1, 0.15) is 0 Å². The Morgan fingerprint density at radius 3 is 2.70 bits per heavy atom. The number of allylic oxidation sites excluding steroid dienone is 4. The summed E-state index contributed by atoms with van der Waals surface area (Å²) in [6, 6.07) is 0. The van der Waals surface area contributed by atoms with Gasteiger partial charge in [0.2, 0.25) is 0 Å². The first kappa shape index (κ1) is 9.84. The Balaban J connectivity index is 0.000000810. The van der Waals surface area contributed by atoms with Crippen LogP contribution in [0.3, 0.4) is 0 Å². The standard InChI is InChI=1S/C8H9N.W/c1-7(9)8-5-3-2-4-6-8;/h3,5H,2,4H2,1H3;/q-2;+2. The fraction of sp³-hybridized carbons (Fsp3) is 0.375. The van der Waals surface area contributed by atoms with E-state index in [0.717, 1.165) is 18.4 Å². The molecule has 52 valence electrons. The van der Waals surface area contributed by atoms with Gasteiger partial charge in [-0.1, -0.05) is 12.8 Å². The van der Waals surface area contributed by atoms with Crippen LogP contribution in [0.15, 0.2) is 17.7 Å². The molecule has 0 aromatic rings. The van der Waals surface area contributed by atoms with Crippen molar-refractivity contribution >= 4 is 5.71 Å². The number of nitrogens with zero attached hydrogens (tertiary/aromatic N) is 1. The summed E-state index contributed by atoms with van der Waals surface area (Å²) in [5.41, 5.74) is 1.22. The number of rotatable bonds is 1. The largest absolute Gasteiger partial charge is 2.00 e. The Morgan fingerprint density at radius 1 is 1.70 bits per heavy atom. The van der Waals surface area contributed by atoms with Crippen molar-refractivity contribution in [1.29, 1.82) is 0 Å². The van der Waals surface area contributed by atoms with Crippen LogP contribution in [0.5, 0.6) is 0 Å². The molecule has 0 aromatic carbocycles. The van der Waals surface area contributed by atoms with Gasteiger partial charge in [-0.05, 0) is 0 Å². The zero-order valence-electron chi connectivity index (χ0n) is 5.92. The van der Waals surface area contributed by atoms with Crippen LogP contribution in [0.4, 0.5) is 0 Å². The molecule has 0 aromatic heterocycles. The number of hydrogen-bond acceptors (Lipinski definition) is 0. The van der Waals surface area contributed by atoms with Crippen LogP contribution in [0.2, 0.25) is 0 Å². The monoisotopic (exact) mass is 303 g/mol. The summed E-state index contributed by atoms with van der Waals surface area (Å²) < 4.78 is 0. The van der Waals surface area contributed by atoms with E-state index in [-0.39, 0.29) is 21.1 Å². The molecule has 0 aliphatic heterocycles. The van der Waals surface area contributed by atoms with Crippen molar-refractivity contribution in [2.75, 3.05) is 0 Å². The average Bonchev–Trinajstić information content (AvgIpc) is 1.90. The molecule has 0 saturated heterocycles. The summed E-state index contributed by atoms with van der Waals surface area (Å²) in [7, 11) is 0. The molecule has 0 bridgehead atoms. The summed E-state index contributed by atoms with van der Waals surface area (Å²) in [6.07, 6.45) is 9.00. The van der Waals surface area contributed by atoms with Crippen molar-refractivity contribution in [3.63, 3.8) is 0 Å². The van der Waals surface area contributed by atoms with Gasteiger partial charge >= 0.3 is 21.1 Å². The first-order valence-corrected chi connectivity index (χ1v) is 3.11. The van der Waals surface area contributed by atoms with Gasteiger partial charge in [-0.3, -0.25) is 5.71 Å². The molecule has 1 aliphatic rings. The van der Waals surface area contributed by atoms with Gasteiger partial charge in [0.15, 0.2) is 0 Å². The first-order chi connectivity index (χ1) is 4.30. The Kier molecular flexibility index (Phi) is 4.55. The van der Waals surface area contributed by atoms with Crippen molar-refractivity contribution in [2.45, 2.75) is 19.8 Å². The maximum absolute atomic E-state index is 8.94. The Bertz CT molecular complexity index is 180. The van der Waals surface area contributed by atoms with E-state index in [9.17, 15) is 0 Å². The second kappa shape index (κ2) is 4.62. The minimum atomic E-state index is 0. The first-order valence-electron chi connectivity index (χ1n) is 3.11. The van der Waals surface area contributed by atoms with Crippen LogP contribution in [0.25, 0.3) is 5.41 Å². The minimum Gasteiger partial charge on any atom is -0.876 e. The molecule has 0 N–H and O–H groups in total. The van der Waals surface area contributed by atoms with Crippen molar-refractivity contribution in [1.82, 2.24) is 0 Å². The van der Waals surface area contributed by atoms with Gasteiger partial charge in [-0.15, -0.1) is 13.0 Å². The van der Waals surface area contributed by atoms with Crippen molar-refractivity contribution in [3.8, 4) is 0 Å². The molecule has 0 fully saturated rings. The molecule has 0 amide bonds. The summed E-state index contributed by atoms with van der Waals surface area (Å²) in [5, 5.41) is 8.94. The summed E-state index contributed by atoms with van der Waals surface area (Å²) in [6.45, 7) is 1.68. The van der Waals surface area contributed by atoms with Crippen molar-refractivity contribution < 1.29 is 21.1 Å². The van der Waals surface area contributed by atoms with E-state index in [1.54, 1.807) is 6.92 Å². The molecule has 0 heterocycles. The van der Waals surface area contributed by atoms with Crippen LogP contribution < -0.4 is 0 Å². The molecule has 1 rings (SSSR count). The molecular formula is C8H9NW. The Labute approximate surface area is 76.0 Å². The molecule has 0 unspecified atom stereocenters. The van der Waals surface area contributed by atoms with E-state index in [1.165, 1.54) is 0 Å². The second-order valence-electron chi connectivity index (χ2n) is 2.12. The van der Waals surface area contributed by atoms with E-state index in [1.807, 2.05) is 12.2 Å². The van der Waals surface area contributed by atoms with Crippen molar-refractivity contribution in [3.05, 3.63) is 29.2 Å².